The molecule has 0 aliphatic rings. The van der Waals surface area contributed by atoms with E-state index in [0.29, 0.717) is 11.8 Å². The summed E-state index contributed by atoms with van der Waals surface area (Å²) in [7, 11) is 0. The quantitative estimate of drug-likeness (QED) is 0.265. The van der Waals surface area contributed by atoms with Gasteiger partial charge >= 0.3 is 0 Å². The minimum atomic E-state index is 0.361. The maximum atomic E-state index is 6.47. The molecule has 0 saturated carbocycles. The average molecular weight is 460 g/mol. The number of fused-ring (bicyclic) bond motifs is 4. The number of nitrogens with zero attached hydrogens (tertiary/aromatic N) is 3. The van der Waals surface area contributed by atoms with Crippen molar-refractivity contribution in [3.8, 4) is 17.1 Å². The zero-order valence-corrected chi connectivity index (χ0v) is 20.8. The zero-order valence-electron chi connectivity index (χ0n) is 20.8. The zero-order chi connectivity index (χ0) is 24.3. The normalized spacial score (nSPS) is 12.1. The standard InChI is InChI=1S/C31H29N3O/c1-18(2)21-12-10-13-22(19(3)4)29(21)34-26-15-8-7-14-25(26)33-31(34)24-17-32-20(5)28-23-11-6-9-16-27(23)35-30(24)28/h6-19H,1-5H3. The molecule has 6 aromatic rings. The summed E-state index contributed by atoms with van der Waals surface area (Å²) in [4.78, 5) is 9.99. The van der Waals surface area contributed by atoms with Gasteiger partial charge in [-0.2, -0.15) is 0 Å². The highest BCUT2D eigenvalue weighted by atomic mass is 16.3. The highest BCUT2D eigenvalue weighted by Crippen LogP contribution is 2.41. The Labute approximate surface area is 205 Å². The van der Waals surface area contributed by atoms with Crippen LogP contribution >= 0.6 is 0 Å². The molecule has 0 bridgehead atoms. The van der Waals surface area contributed by atoms with Crippen LogP contribution in [0.4, 0.5) is 0 Å². The lowest BCUT2D eigenvalue weighted by Gasteiger charge is -2.22. The molecule has 0 radical (unpaired) electrons. The minimum absolute atomic E-state index is 0.361. The number of furan rings is 1. The highest BCUT2D eigenvalue weighted by Gasteiger charge is 2.25. The van der Waals surface area contributed by atoms with E-state index in [0.717, 1.165) is 50.1 Å². The monoisotopic (exact) mass is 459 g/mol. The molecule has 0 N–H and O–H groups in total. The smallest absolute Gasteiger partial charge is 0.151 e. The van der Waals surface area contributed by atoms with Crippen LogP contribution in [0.25, 0.3) is 50.0 Å². The molecule has 0 saturated heterocycles. The molecule has 4 nitrogen and oxygen atoms in total. The molecule has 0 spiro atoms. The van der Waals surface area contributed by atoms with Crippen LogP contribution in [0.1, 0.15) is 56.4 Å². The predicted molar refractivity (Wildman–Crippen MR) is 144 cm³/mol. The summed E-state index contributed by atoms with van der Waals surface area (Å²) in [5.41, 5.74) is 9.45. The van der Waals surface area contributed by atoms with Crippen molar-refractivity contribution in [1.82, 2.24) is 14.5 Å². The molecule has 174 valence electrons. The largest absolute Gasteiger partial charge is 0.455 e. The topological polar surface area (TPSA) is 43.9 Å². The molecule has 0 aliphatic heterocycles. The van der Waals surface area contributed by atoms with E-state index in [1.54, 1.807) is 0 Å². The number of imidazole rings is 1. The molecule has 0 unspecified atom stereocenters. The SMILES string of the molecule is Cc1ncc(-c2nc3ccccc3n2-c2c(C(C)C)cccc2C(C)C)c2oc3ccccc3c12. The lowest BCUT2D eigenvalue weighted by atomic mass is 9.92. The highest BCUT2D eigenvalue weighted by molar-refractivity contribution is 6.10. The Bertz CT molecular complexity index is 1690. The second-order valence-electron chi connectivity index (χ2n) is 9.91. The molecule has 0 atom stereocenters. The molecule has 3 aromatic carbocycles. The number of para-hydroxylation sites is 4. The van der Waals surface area contributed by atoms with Crippen LogP contribution in [0.2, 0.25) is 0 Å². The fourth-order valence-electron chi connectivity index (χ4n) is 5.24. The maximum Gasteiger partial charge on any atom is 0.151 e. The molecular weight excluding hydrogens is 430 g/mol. The van der Waals surface area contributed by atoms with Gasteiger partial charge in [0.2, 0.25) is 0 Å². The van der Waals surface area contributed by atoms with Gasteiger partial charge in [0.1, 0.15) is 11.2 Å². The summed E-state index contributed by atoms with van der Waals surface area (Å²) in [6.07, 6.45) is 1.92. The fourth-order valence-corrected chi connectivity index (χ4v) is 5.24. The van der Waals surface area contributed by atoms with Gasteiger partial charge < -0.3 is 4.42 Å². The molecule has 35 heavy (non-hydrogen) atoms. The van der Waals surface area contributed by atoms with E-state index in [-0.39, 0.29) is 0 Å². The van der Waals surface area contributed by atoms with E-state index in [1.165, 1.54) is 16.8 Å². The third-order valence-electron chi connectivity index (χ3n) is 6.96. The number of benzene rings is 3. The second-order valence-corrected chi connectivity index (χ2v) is 9.91. The van der Waals surface area contributed by atoms with Gasteiger partial charge in [-0.25, -0.2) is 4.98 Å². The van der Waals surface area contributed by atoms with Gasteiger partial charge in [0.25, 0.3) is 0 Å². The number of hydrogen-bond donors (Lipinski definition) is 0. The Morgan fingerprint density at radius 3 is 2.23 bits per heavy atom. The van der Waals surface area contributed by atoms with Gasteiger partial charge in [-0.05, 0) is 48.1 Å². The van der Waals surface area contributed by atoms with Gasteiger partial charge in [-0.15, -0.1) is 0 Å². The number of rotatable bonds is 4. The number of aromatic nitrogens is 3. The third kappa shape index (κ3) is 3.28. The molecule has 6 rings (SSSR count). The van der Waals surface area contributed by atoms with Gasteiger partial charge in [-0.1, -0.05) is 76.2 Å². The minimum Gasteiger partial charge on any atom is -0.455 e. The van der Waals surface area contributed by atoms with Gasteiger partial charge in [-0.3, -0.25) is 9.55 Å². The maximum absolute atomic E-state index is 6.47. The van der Waals surface area contributed by atoms with Crippen LogP contribution in [-0.2, 0) is 0 Å². The van der Waals surface area contributed by atoms with E-state index >= 15 is 0 Å². The van der Waals surface area contributed by atoms with E-state index < -0.39 is 0 Å². The van der Waals surface area contributed by atoms with Crippen LogP contribution in [-0.4, -0.2) is 14.5 Å². The number of aryl methyl sites for hydroxylation is 1. The Hall–Kier alpha value is -3.92. The van der Waals surface area contributed by atoms with Crippen LogP contribution in [0.3, 0.4) is 0 Å². The van der Waals surface area contributed by atoms with Crippen LogP contribution in [0, 0.1) is 6.92 Å². The molecule has 0 fully saturated rings. The summed E-state index contributed by atoms with van der Waals surface area (Å²) in [5.74, 6) is 1.58. The Kier molecular flexibility index (Phi) is 4.99. The second kappa shape index (κ2) is 8.09. The number of pyridine rings is 1. The van der Waals surface area contributed by atoms with Crippen molar-refractivity contribution in [2.24, 2.45) is 0 Å². The third-order valence-corrected chi connectivity index (χ3v) is 6.96. The molecule has 0 amide bonds. The van der Waals surface area contributed by atoms with Crippen LogP contribution in [0.5, 0.6) is 0 Å². The molecule has 4 heteroatoms. The first kappa shape index (κ1) is 21.6. The first-order chi connectivity index (χ1) is 17.0. The lowest BCUT2D eigenvalue weighted by molar-refractivity contribution is 0.668. The Balaban J connectivity index is 1.78. The first-order valence-corrected chi connectivity index (χ1v) is 12.3. The van der Waals surface area contributed by atoms with E-state index in [1.807, 2.05) is 37.4 Å². The van der Waals surface area contributed by atoms with Crippen molar-refractivity contribution >= 4 is 33.0 Å². The van der Waals surface area contributed by atoms with Crippen molar-refractivity contribution < 1.29 is 4.42 Å². The summed E-state index contributed by atoms with van der Waals surface area (Å²) in [6, 6.07) is 23.2. The van der Waals surface area contributed by atoms with E-state index in [2.05, 4.69) is 74.7 Å². The van der Waals surface area contributed by atoms with Crippen molar-refractivity contribution in [2.75, 3.05) is 0 Å². The Morgan fingerprint density at radius 1 is 0.800 bits per heavy atom. The van der Waals surface area contributed by atoms with Crippen LogP contribution in [0.15, 0.2) is 77.3 Å². The summed E-state index contributed by atoms with van der Waals surface area (Å²) in [5, 5.41) is 2.14. The van der Waals surface area contributed by atoms with Crippen molar-refractivity contribution in [1.29, 1.82) is 0 Å². The lowest BCUT2D eigenvalue weighted by Crippen LogP contribution is -2.08. The average Bonchev–Trinajstić information content (AvgIpc) is 3.43. The van der Waals surface area contributed by atoms with Crippen molar-refractivity contribution in [3.63, 3.8) is 0 Å². The van der Waals surface area contributed by atoms with E-state index in [9.17, 15) is 0 Å². The number of hydrogen-bond acceptors (Lipinski definition) is 3. The van der Waals surface area contributed by atoms with Crippen LogP contribution < -0.4 is 0 Å². The molecule has 0 aliphatic carbocycles. The Morgan fingerprint density at radius 2 is 1.49 bits per heavy atom. The first-order valence-electron chi connectivity index (χ1n) is 12.3. The molecular formula is C31H29N3O. The van der Waals surface area contributed by atoms with Crippen molar-refractivity contribution in [3.05, 3.63) is 89.7 Å². The van der Waals surface area contributed by atoms with Gasteiger partial charge in [0, 0.05) is 17.3 Å². The molecule has 3 aromatic heterocycles. The summed E-state index contributed by atoms with van der Waals surface area (Å²) in [6.45, 7) is 11.1. The van der Waals surface area contributed by atoms with Crippen molar-refractivity contribution in [2.45, 2.75) is 46.5 Å². The summed E-state index contributed by atoms with van der Waals surface area (Å²) < 4.78 is 8.80. The van der Waals surface area contributed by atoms with Gasteiger partial charge in [0.15, 0.2) is 5.82 Å². The fraction of sp³-hybridized carbons (Fsp3) is 0.226. The summed E-state index contributed by atoms with van der Waals surface area (Å²) >= 11 is 0. The predicted octanol–water partition coefficient (Wildman–Crippen LogP) is 8.54. The van der Waals surface area contributed by atoms with E-state index in [4.69, 9.17) is 14.4 Å². The van der Waals surface area contributed by atoms with Gasteiger partial charge in [0.05, 0.1) is 27.7 Å². The molecule has 3 heterocycles.